The molecule has 1 aromatic rings. The molecule has 0 aromatic carbocycles. The lowest BCUT2D eigenvalue weighted by Crippen LogP contribution is -2.32. The van der Waals surface area contributed by atoms with Gasteiger partial charge in [0, 0.05) is 6.20 Å². The molecule has 0 radical (unpaired) electrons. The number of anilines is 1. The number of nitrogen functional groups attached to an aromatic ring is 1. The van der Waals surface area contributed by atoms with Gasteiger partial charge >= 0.3 is 11.8 Å². The Bertz CT molecular complexity index is 731. The molecule has 0 saturated carbocycles. The number of rotatable bonds is 8. The second kappa shape index (κ2) is 9.89. The molecule has 1 aromatic heterocycles. The molecule has 0 aliphatic carbocycles. The maximum absolute atomic E-state index is 12.0. The molecule has 4 atom stereocenters. The van der Waals surface area contributed by atoms with Gasteiger partial charge in [0.15, 0.2) is 6.23 Å². The number of nitriles is 1. The Labute approximate surface area is 156 Å². The SMILES string of the molecule is CCCCCCOC(=O)OC[C@H]1O[C@@H](n2ccc(N)nc2=O)[C@@H](C#N)[C@@H]1O. The molecule has 1 aliphatic rings. The number of nitrogens with two attached hydrogens (primary N) is 1. The minimum absolute atomic E-state index is 0.0323. The van der Waals surface area contributed by atoms with Gasteiger partial charge in [-0.2, -0.15) is 10.2 Å². The maximum atomic E-state index is 12.0. The van der Waals surface area contributed by atoms with Gasteiger partial charge in [0.25, 0.3) is 0 Å². The van der Waals surface area contributed by atoms with Crippen LogP contribution < -0.4 is 11.4 Å². The number of hydrogen-bond donors (Lipinski definition) is 2. The van der Waals surface area contributed by atoms with Crippen LogP contribution in [0.3, 0.4) is 0 Å². The van der Waals surface area contributed by atoms with Gasteiger partial charge < -0.3 is 25.1 Å². The van der Waals surface area contributed by atoms with E-state index in [1.54, 1.807) is 0 Å². The Morgan fingerprint density at radius 2 is 2.22 bits per heavy atom. The summed E-state index contributed by atoms with van der Waals surface area (Å²) in [5, 5.41) is 19.6. The smallest absolute Gasteiger partial charge is 0.434 e. The number of nitrogens with zero attached hydrogens (tertiary/aromatic N) is 3. The van der Waals surface area contributed by atoms with E-state index < -0.39 is 36.2 Å². The maximum Gasteiger partial charge on any atom is 0.508 e. The molecule has 1 aliphatic heterocycles. The zero-order valence-corrected chi connectivity index (χ0v) is 15.1. The fourth-order valence-electron chi connectivity index (χ4n) is 2.76. The lowest BCUT2D eigenvalue weighted by Gasteiger charge is -2.16. The molecular formula is C17H24N4O6. The average Bonchev–Trinajstić information content (AvgIpc) is 2.95. The monoisotopic (exact) mass is 380 g/mol. The highest BCUT2D eigenvalue weighted by atomic mass is 16.7. The number of carbonyl (C=O) groups is 1. The van der Waals surface area contributed by atoms with Crippen molar-refractivity contribution in [2.75, 3.05) is 18.9 Å². The molecule has 2 rings (SSSR count). The van der Waals surface area contributed by atoms with Crippen molar-refractivity contribution < 1.29 is 24.1 Å². The Balaban J connectivity index is 1.90. The van der Waals surface area contributed by atoms with E-state index >= 15 is 0 Å². The van der Waals surface area contributed by atoms with Crippen LogP contribution in [0.15, 0.2) is 17.1 Å². The highest BCUT2D eigenvalue weighted by Crippen LogP contribution is 2.33. The lowest BCUT2D eigenvalue weighted by molar-refractivity contribution is -0.0595. The molecular weight excluding hydrogens is 356 g/mol. The van der Waals surface area contributed by atoms with E-state index in [4.69, 9.17) is 19.9 Å². The molecule has 3 N–H and O–H groups in total. The summed E-state index contributed by atoms with van der Waals surface area (Å²) in [4.78, 5) is 27.1. The van der Waals surface area contributed by atoms with Crippen LogP contribution in [-0.4, -0.2) is 46.2 Å². The Morgan fingerprint density at radius 1 is 1.44 bits per heavy atom. The molecule has 148 valence electrons. The number of carbonyl (C=O) groups excluding carboxylic acids is 1. The largest absolute Gasteiger partial charge is 0.508 e. The van der Waals surface area contributed by atoms with Gasteiger partial charge in [-0.1, -0.05) is 26.2 Å². The molecule has 0 unspecified atom stereocenters. The summed E-state index contributed by atoms with van der Waals surface area (Å²) in [6.45, 7) is 2.03. The van der Waals surface area contributed by atoms with E-state index in [2.05, 4.69) is 11.9 Å². The van der Waals surface area contributed by atoms with Crippen molar-refractivity contribution in [1.82, 2.24) is 9.55 Å². The van der Waals surface area contributed by atoms with Crippen LogP contribution in [0.2, 0.25) is 0 Å². The third kappa shape index (κ3) is 5.42. The quantitative estimate of drug-likeness (QED) is 0.496. The van der Waals surface area contributed by atoms with Crippen molar-refractivity contribution in [3.63, 3.8) is 0 Å². The van der Waals surface area contributed by atoms with Crippen LogP contribution in [0.5, 0.6) is 0 Å². The van der Waals surface area contributed by atoms with Crippen LogP contribution in [-0.2, 0) is 14.2 Å². The second-order valence-corrected chi connectivity index (χ2v) is 6.22. The van der Waals surface area contributed by atoms with Crippen LogP contribution in [0.25, 0.3) is 0 Å². The highest BCUT2D eigenvalue weighted by Gasteiger charge is 2.46. The van der Waals surface area contributed by atoms with Crippen molar-refractivity contribution in [3.05, 3.63) is 22.7 Å². The fourth-order valence-corrected chi connectivity index (χ4v) is 2.76. The van der Waals surface area contributed by atoms with Crippen LogP contribution in [0.4, 0.5) is 10.6 Å². The Kier molecular flexibility index (Phi) is 7.57. The summed E-state index contributed by atoms with van der Waals surface area (Å²) in [6, 6.07) is 3.29. The predicted molar refractivity (Wildman–Crippen MR) is 93.4 cm³/mol. The standard InChI is InChI=1S/C17H24N4O6/c1-2-3-4-5-8-25-17(24)26-10-12-14(22)11(9-18)15(27-12)21-7-6-13(19)20-16(21)23/h6-7,11-12,14-15,22H,2-5,8,10H2,1H3,(H2,19,20,23)/t11-,12+,14-,15+/m0/s1. The molecule has 0 bridgehead atoms. The molecule has 10 nitrogen and oxygen atoms in total. The average molecular weight is 380 g/mol. The van der Waals surface area contributed by atoms with Gasteiger partial charge in [-0.25, -0.2) is 9.59 Å². The van der Waals surface area contributed by atoms with Gasteiger partial charge in [0.1, 0.15) is 30.6 Å². The fraction of sp³-hybridized carbons (Fsp3) is 0.647. The first kappa shape index (κ1) is 20.7. The van der Waals surface area contributed by atoms with Crippen LogP contribution in [0.1, 0.15) is 38.8 Å². The van der Waals surface area contributed by atoms with Gasteiger partial charge in [0.05, 0.1) is 12.7 Å². The van der Waals surface area contributed by atoms with Crippen LogP contribution in [0, 0.1) is 17.2 Å². The molecule has 0 amide bonds. The second-order valence-electron chi connectivity index (χ2n) is 6.22. The molecule has 0 spiro atoms. The van der Waals surface area contributed by atoms with Crippen molar-refractivity contribution in [2.24, 2.45) is 5.92 Å². The van der Waals surface area contributed by atoms with E-state index in [1.165, 1.54) is 12.3 Å². The van der Waals surface area contributed by atoms with E-state index in [9.17, 15) is 20.0 Å². The predicted octanol–water partition coefficient (Wildman–Crippen LogP) is 0.957. The van der Waals surface area contributed by atoms with Gasteiger partial charge in [0.2, 0.25) is 0 Å². The zero-order chi connectivity index (χ0) is 19.8. The summed E-state index contributed by atoms with van der Waals surface area (Å²) in [5.41, 5.74) is 4.74. The summed E-state index contributed by atoms with van der Waals surface area (Å²) >= 11 is 0. The van der Waals surface area contributed by atoms with E-state index in [-0.39, 0.29) is 19.0 Å². The molecule has 10 heteroatoms. The lowest BCUT2D eigenvalue weighted by atomic mass is 10.0. The van der Waals surface area contributed by atoms with Crippen molar-refractivity contribution >= 4 is 12.0 Å². The first-order valence-electron chi connectivity index (χ1n) is 8.85. The zero-order valence-electron chi connectivity index (χ0n) is 15.1. The normalized spacial score (nSPS) is 24.3. The Morgan fingerprint density at radius 3 is 2.89 bits per heavy atom. The van der Waals surface area contributed by atoms with Crippen molar-refractivity contribution in [3.8, 4) is 6.07 Å². The summed E-state index contributed by atoms with van der Waals surface area (Å²) < 4.78 is 16.5. The molecule has 1 saturated heterocycles. The molecule has 2 heterocycles. The number of hydrogen-bond acceptors (Lipinski definition) is 9. The summed E-state index contributed by atoms with van der Waals surface area (Å²) in [6.07, 6.45) is 1.03. The Hall–Kier alpha value is -2.64. The summed E-state index contributed by atoms with van der Waals surface area (Å²) in [7, 11) is 0. The summed E-state index contributed by atoms with van der Waals surface area (Å²) in [5.74, 6) is -1.00. The first-order chi connectivity index (χ1) is 13.0. The first-order valence-corrected chi connectivity index (χ1v) is 8.85. The number of aliphatic hydroxyl groups is 1. The minimum atomic E-state index is -1.25. The number of ether oxygens (including phenoxy) is 3. The van der Waals surface area contributed by atoms with E-state index in [1.807, 2.05) is 6.07 Å². The van der Waals surface area contributed by atoms with E-state index in [0.717, 1.165) is 30.3 Å². The van der Waals surface area contributed by atoms with Gasteiger partial charge in [-0.15, -0.1) is 0 Å². The van der Waals surface area contributed by atoms with Crippen LogP contribution >= 0.6 is 0 Å². The van der Waals surface area contributed by atoms with Crippen molar-refractivity contribution in [2.45, 2.75) is 51.0 Å². The van der Waals surface area contributed by atoms with Crippen molar-refractivity contribution in [1.29, 1.82) is 5.26 Å². The minimum Gasteiger partial charge on any atom is -0.434 e. The molecule has 27 heavy (non-hydrogen) atoms. The van der Waals surface area contributed by atoms with Gasteiger partial charge in [-0.3, -0.25) is 4.57 Å². The topological polar surface area (TPSA) is 150 Å². The third-order valence-corrected chi connectivity index (χ3v) is 4.23. The molecule has 1 fully saturated rings. The number of unbranched alkanes of at least 4 members (excludes halogenated alkanes) is 3. The van der Waals surface area contributed by atoms with E-state index in [0.29, 0.717) is 0 Å². The number of aromatic nitrogens is 2. The third-order valence-electron chi connectivity index (χ3n) is 4.23. The highest BCUT2D eigenvalue weighted by molar-refractivity contribution is 5.59. The van der Waals surface area contributed by atoms with Gasteiger partial charge in [-0.05, 0) is 12.5 Å². The number of aliphatic hydroxyl groups excluding tert-OH is 1.